The molecule has 1 aliphatic carbocycles. The van der Waals surface area contributed by atoms with Gasteiger partial charge in [-0.1, -0.05) is 35.0 Å². The lowest BCUT2D eigenvalue weighted by molar-refractivity contribution is 0.207. The van der Waals surface area contributed by atoms with Crippen molar-refractivity contribution in [3.05, 3.63) is 24.0 Å². The van der Waals surface area contributed by atoms with E-state index in [2.05, 4.69) is 35.0 Å². The molecule has 1 atom stereocenters. The molecule has 0 saturated heterocycles. The maximum atomic E-state index is 9.74. The molecule has 0 aromatic rings. The second-order valence-electron chi connectivity index (χ2n) is 3.87. The highest BCUT2D eigenvalue weighted by molar-refractivity contribution is 9.09. The largest absolute Gasteiger partial charge is 0.512 e. The number of halogens is 1. The van der Waals surface area contributed by atoms with Gasteiger partial charge in [-0.3, -0.25) is 0 Å². The van der Waals surface area contributed by atoms with E-state index in [0.717, 1.165) is 24.6 Å². The Bertz CT molecular complexity index is 220. The standard InChI is InChI=1S/C11H17BrO/c1-11(8-4-5-9-12)7-3-2-6-10(11)13/h4-6,13H,2-3,7-9H2,1H3/b5-4+. The molecule has 1 N–H and O–H groups in total. The molecular weight excluding hydrogens is 228 g/mol. The fourth-order valence-corrected chi connectivity index (χ4v) is 1.98. The average molecular weight is 245 g/mol. The Balaban J connectivity index is 2.58. The molecule has 0 aromatic heterocycles. The van der Waals surface area contributed by atoms with Crippen LogP contribution in [0.5, 0.6) is 0 Å². The van der Waals surface area contributed by atoms with E-state index < -0.39 is 0 Å². The molecule has 74 valence electrons. The van der Waals surface area contributed by atoms with Gasteiger partial charge >= 0.3 is 0 Å². The van der Waals surface area contributed by atoms with E-state index in [-0.39, 0.29) is 5.41 Å². The van der Waals surface area contributed by atoms with Gasteiger partial charge in [0, 0.05) is 10.7 Å². The molecule has 2 heteroatoms. The lowest BCUT2D eigenvalue weighted by Gasteiger charge is -2.30. The van der Waals surface area contributed by atoms with Crippen LogP contribution in [0.4, 0.5) is 0 Å². The van der Waals surface area contributed by atoms with Crippen molar-refractivity contribution in [3.8, 4) is 0 Å². The summed E-state index contributed by atoms with van der Waals surface area (Å²) in [6.07, 6.45) is 10.5. The number of allylic oxidation sites excluding steroid dienone is 4. The van der Waals surface area contributed by atoms with Gasteiger partial charge in [0.05, 0.1) is 5.76 Å². The predicted octanol–water partition coefficient (Wildman–Crippen LogP) is 3.96. The molecule has 1 unspecified atom stereocenters. The number of alkyl halides is 1. The van der Waals surface area contributed by atoms with Gasteiger partial charge in [0.15, 0.2) is 0 Å². The molecule has 0 aromatic carbocycles. The van der Waals surface area contributed by atoms with Crippen molar-refractivity contribution in [2.24, 2.45) is 5.41 Å². The highest BCUT2D eigenvalue weighted by Gasteiger charge is 2.29. The van der Waals surface area contributed by atoms with Crippen molar-refractivity contribution in [2.45, 2.75) is 32.6 Å². The van der Waals surface area contributed by atoms with Crippen molar-refractivity contribution in [1.82, 2.24) is 0 Å². The molecule has 0 bridgehead atoms. The maximum Gasteiger partial charge on any atom is 0.0944 e. The Morgan fingerprint density at radius 2 is 2.38 bits per heavy atom. The van der Waals surface area contributed by atoms with Crippen LogP contribution in [-0.2, 0) is 0 Å². The summed E-state index contributed by atoms with van der Waals surface area (Å²) in [5.41, 5.74) is -0.00306. The van der Waals surface area contributed by atoms with E-state index in [1.807, 2.05) is 6.08 Å². The Kier molecular flexibility index (Phi) is 4.04. The fraction of sp³-hybridized carbons (Fsp3) is 0.636. The van der Waals surface area contributed by atoms with Crippen molar-refractivity contribution in [1.29, 1.82) is 0 Å². The van der Waals surface area contributed by atoms with Gasteiger partial charge in [0.1, 0.15) is 0 Å². The molecule has 0 heterocycles. The zero-order chi connectivity index (χ0) is 9.73. The molecule has 0 fully saturated rings. The van der Waals surface area contributed by atoms with Gasteiger partial charge in [-0.25, -0.2) is 0 Å². The van der Waals surface area contributed by atoms with Gasteiger partial charge in [-0.05, 0) is 31.8 Å². The third-order valence-electron chi connectivity index (χ3n) is 2.71. The lowest BCUT2D eigenvalue weighted by Crippen LogP contribution is -2.21. The van der Waals surface area contributed by atoms with Crippen LogP contribution in [0, 0.1) is 5.41 Å². The topological polar surface area (TPSA) is 20.2 Å². The van der Waals surface area contributed by atoms with E-state index in [9.17, 15) is 5.11 Å². The molecule has 13 heavy (non-hydrogen) atoms. The van der Waals surface area contributed by atoms with Crippen LogP contribution in [0.3, 0.4) is 0 Å². The smallest absolute Gasteiger partial charge is 0.0944 e. The van der Waals surface area contributed by atoms with Gasteiger partial charge in [0.25, 0.3) is 0 Å². The van der Waals surface area contributed by atoms with Crippen LogP contribution in [0.2, 0.25) is 0 Å². The van der Waals surface area contributed by atoms with E-state index in [4.69, 9.17) is 0 Å². The normalized spacial score (nSPS) is 29.2. The van der Waals surface area contributed by atoms with E-state index in [0.29, 0.717) is 5.76 Å². The zero-order valence-electron chi connectivity index (χ0n) is 8.09. The molecule has 0 radical (unpaired) electrons. The first-order valence-corrected chi connectivity index (χ1v) is 5.92. The van der Waals surface area contributed by atoms with Gasteiger partial charge in [0.2, 0.25) is 0 Å². The Morgan fingerprint density at radius 3 is 3.00 bits per heavy atom. The van der Waals surface area contributed by atoms with Gasteiger partial charge < -0.3 is 5.11 Å². The summed E-state index contributed by atoms with van der Waals surface area (Å²) in [5.74, 6) is 0.581. The average Bonchev–Trinajstić information content (AvgIpc) is 2.11. The Hall–Kier alpha value is -0.240. The summed E-state index contributed by atoms with van der Waals surface area (Å²) >= 11 is 3.34. The van der Waals surface area contributed by atoms with E-state index in [1.54, 1.807) is 0 Å². The van der Waals surface area contributed by atoms with Crippen molar-refractivity contribution < 1.29 is 5.11 Å². The number of rotatable bonds is 3. The highest BCUT2D eigenvalue weighted by Crippen LogP contribution is 2.38. The Morgan fingerprint density at radius 1 is 1.62 bits per heavy atom. The van der Waals surface area contributed by atoms with E-state index >= 15 is 0 Å². The second kappa shape index (κ2) is 4.85. The molecule has 0 aliphatic heterocycles. The number of aliphatic hydroxyl groups excluding tert-OH is 1. The summed E-state index contributed by atoms with van der Waals surface area (Å²) < 4.78 is 0. The zero-order valence-corrected chi connectivity index (χ0v) is 9.68. The van der Waals surface area contributed by atoms with Crippen molar-refractivity contribution >= 4 is 15.9 Å². The molecular formula is C11H17BrO. The fourth-order valence-electron chi connectivity index (χ4n) is 1.72. The van der Waals surface area contributed by atoms with E-state index in [1.165, 1.54) is 6.42 Å². The monoisotopic (exact) mass is 244 g/mol. The predicted molar refractivity (Wildman–Crippen MR) is 60.2 cm³/mol. The number of hydrogen-bond donors (Lipinski definition) is 1. The van der Waals surface area contributed by atoms with Crippen molar-refractivity contribution in [3.63, 3.8) is 0 Å². The van der Waals surface area contributed by atoms with Gasteiger partial charge in [-0.2, -0.15) is 0 Å². The molecule has 1 aliphatic rings. The third-order valence-corrected chi connectivity index (χ3v) is 3.09. The van der Waals surface area contributed by atoms with Crippen LogP contribution in [0.15, 0.2) is 24.0 Å². The summed E-state index contributed by atoms with van der Waals surface area (Å²) in [5, 5.41) is 10.6. The summed E-state index contributed by atoms with van der Waals surface area (Å²) in [6, 6.07) is 0. The van der Waals surface area contributed by atoms with Crippen LogP contribution in [0.1, 0.15) is 32.6 Å². The van der Waals surface area contributed by atoms with Crippen LogP contribution in [0.25, 0.3) is 0 Å². The minimum Gasteiger partial charge on any atom is -0.512 e. The third kappa shape index (κ3) is 2.87. The summed E-state index contributed by atoms with van der Waals surface area (Å²) in [6.45, 7) is 2.14. The lowest BCUT2D eigenvalue weighted by atomic mass is 9.76. The highest BCUT2D eigenvalue weighted by atomic mass is 79.9. The molecule has 0 saturated carbocycles. The second-order valence-corrected chi connectivity index (χ2v) is 4.52. The molecule has 1 rings (SSSR count). The minimum atomic E-state index is -0.00306. The Labute approximate surface area is 88.7 Å². The first-order chi connectivity index (χ1) is 6.19. The van der Waals surface area contributed by atoms with Crippen LogP contribution in [-0.4, -0.2) is 10.4 Å². The first-order valence-electron chi connectivity index (χ1n) is 4.79. The summed E-state index contributed by atoms with van der Waals surface area (Å²) in [4.78, 5) is 0. The van der Waals surface area contributed by atoms with Gasteiger partial charge in [-0.15, -0.1) is 0 Å². The molecule has 0 spiro atoms. The SMILES string of the molecule is CC1(C/C=C/CBr)CCCC=C1O. The summed E-state index contributed by atoms with van der Waals surface area (Å²) in [7, 11) is 0. The molecule has 1 nitrogen and oxygen atoms in total. The van der Waals surface area contributed by atoms with Crippen LogP contribution < -0.4 is 0 Å². The quantitative estimate of drug-likeness (QED) is 0.589. The number of hydrogen-bond acceptors (Lipinski definition) is 1. The van der Waals surface area contributed by atoms with Crippen molar-refractivity contribution in [2.75, 3.05) is 5.33 Å². The molecule has 0 amide bonds. The maximum absolute atomic E-state index is 9.74. The number of aliphatic hydroxyl groups is 1. The first kappa shape index (κ1) is 10.8. The van der Waals surface area contributed by atoms with Crippen LogP contribution >= 0.6 is 15.9 Å². The minimum absolute atomic E-state index is 0.00306.